The van der Waals surface area contributed by atoms with Crippen LogP contribution in [0.1, 0.15) is 31.5 Å². The number of thioether (sulfide) groups is 1. The number of aromatic nitrogens is 2. The van der Waals surface area contributed by atoms with E-state index >= 15 is 0 Å². The van der Waals surface area contributed by atoms with Crippen LogP contribution in [-0.2, 0) is 11.2 Å². The summed E-state index contributed by atoms with van der Waals surface area (Å²) in [5.74, 6) is -0.207. The number of pyridine rings is 1. The zero-order valence-corrected chi connectivity index (χ0v) is 19.4. The Morgan fingerprint density at radius 3 is 2.77 bits per heavy atom. The predicted molar refractivity (Wildman–Crippen MR) is 124 cm³/mol. The Morgan fingerprint density at radius 2 is 2.07 bits per heavy atom. The SMILES string of the molecule is CCCc1ccc(C#N)c(SC(C)C(=O)Nc2nc(-c3ccc(Cl)c(Cl)c3)cs2)n1. The van der Waals surface area contributed by atoms with Gasteiger partial charge < -0.3 is 5.32 Å². The van der Waals surface area contributed by atoms with Crippen LogP contribution in [0.4, 0.5) is 5.13 Å². The summed E-state index contributed by atoms with van der Waals surface area (Å²) in [5.41, 5.74) is 2.91. The van der Waals surface area contributed by atoms with Crippen LogP contribution in [0.5, 0.6) is 0 Å². The fourth-order valence-corrected chi connectivity index (χ4v) is 4.53. The minimum Gasteiger partial charge on any atom is -0.301 e. The number of thiazole rings is 1. The van der Waals surface area contributed by atoms with Gasteiger partial charge in [-0.3, -0.25) is 4.79 Å². The maximum Gasteiger partial charge on any atom is 0.239 e. The number of halogens is 2. The highest BCUT2D eigenvalue weighted by atomic mass is 35.5. The van der Waals surface area contributed by atoms with E-state index in [0.717, 1.165) is 24.1 Å². The molecule has 0 saturated carbocycles. The molecule has 0 aliphatic heterocycles. The highest BCUT2D eigenvalue weighted by molar-refractivity contribution is 8.00. The van der Waals surface area contributed by atoms with Gasteiger partial charge in [-0.15, -0.1) is 11.3 Å². The molecule has 2 heterocycles. The summed E-state index contributed by atoms with van der Waals surface area (Å²) >= 11 is 14.6. The molecule has 0 spiro atoms. The first-order valence-electron chi connectivity index (χ1n) is 9.19. The van der Waals surface area contributed by atoms with E-state index in [1.54, 1.807) is 25.1 Å². The lowest BCUT2D eigenvalue weighted by atomic mass is 10.2. The van der Waals surface area contributed by atoms with E-state index in [1.165, 1.54) is 23.1 Å². The van der Waals surface area contributed by atoms with Crippen LogP contribution in [0, 0.1) is 11.3 Å². The lowest BCUT2D eigenvalue weighted by molar-refractivity contribution is -0.115. The summed E-state index contributed by atoms with van der Waals surface area (Å²) < 4.78 is 0. The number of carbonyl (C=O) groups excluding carboxylic acids is 1. The first kappa shape index (κ1) is 22.6. The molecule has 1 amide bonds. The van der Waals surface area contributed by atoms with Crippen molar-refractivity contribution in [1.29, 1.82) is 5.26 Å². The average molecular weight is 477 g/mol. The van der Waals surface area contributed by atoms with Crippen molar-refractivity contribution in [2.45, 2.75) is 37.0 Å². The van der Waals surface area contributed by atoms with E-state index in [1.807, 2.05) is 17.5 Å². The molecule has 0 radical (unpaired) electrons. The van der Waals surface area contributed by atoms with Crippen molar-refractivity contribution in [2.24, 2.45) is 0 Å². The van der Waals surface area contributed by atoms with Crippen molar-refractivity contribution in [3.63, 3.8) is 0 Å². The summed E-state index contributed by atoms with van der Waals surface area (Å²) in [6.45, 7) is 3.85. The second-order valence-electron chi connectivity index (χ2n) is 6.43. The molecule has 0 aliphatic carbocycles. The van der Waals surface area contributed by atoms with Gasteiger partial charge in [0.15, 0.2) is 5.13 Å². The number of benzene rings is 1. The Labute approximate surface area is 193 Å². The second kappa shape index (κ2) is 10.3. The number of aryl methyl sites for hydroxylation is 1. The number of rotatable bonds is 7. The fraction of sp³-hybridized carbons (Fsp3) is 0.238. The molecule has 1 unspecified atom stereocenters. The molecule has 0 fully saturated rings. The van der Waals surface area contributed by atoms with Crippen LogP contribution in [0.3, 0.4) is 0 Å². The van der Waals surface area contributed by atoms with E-state index in [9.17, 15) is 10.1 Å². The molecule has 3 rings (SSSR count). The third kappa shape index (κ3) is 5.52. The van der Waals surface area contributed by atoms with Gasteiger partial charge in [-0.05, 0) is 37.6 Å². The van der Waals surface area contributed by atoms with Crippen LogP contribution >= 0.6 is 46.3 Å². The maximum atomic E-state index is 12.7. The molecule has 0 saturated heterocycles. The monoisotopic (exact) mass is 476 g/mol. The van der Waals surface area contributed by atoms with Gasteiger partial charge in [0.05, 0.1) is 26.6 Å². The van der Waals surface area contributed by atoms with Crippen molar-refractivity contribution >= 4 is 57.3 Å². The quantitative estimate of drug-likeness (QED) is 0.396. The Kier molecular flexibility index (Phi) is 7.73. The fourth-order valence-electron chi connectivity index (χ4n) is 2.60. The summed E-state index contributed by atoms with van der Waals surface area (Å²) in [5, 5.41) is 15.6. The first-order valence-corrected chi connectivity index (χ1v) is 11.7. The van der Waals surface area contributed by atoms with Crippen LogP contribution in [0.25, 0.3) is 11.3 Å². The third-order valence-electron chi connectivity index (χ3n) is 4.15. The van der Waals surface area contributed by atoms with Crippen molar-refractivity contribution in [3.05, 3.63) is 57.0 Å². The molecular formula is C21H18Cl2N4OS2. The average Bonchev–Trinajstić information content (AvgIpc) is 3.19. The van der Waals surface area contributed by atoms with Gasteiger partial charge in [-0.25, -0.2) is 9.97 Å². The largest absolute Gasteiger partial charge is 0.301 e. The molecule has 0 bridgehead atoms. The van der Waals surface area contributed by atoms with E-state index < -0.39 is 5.25 Å². The van der Waals surface area contributed by atoms with Crippen molar-refractivity contribution in [2.75, 3.05) is 5.32 Å². The van der Waals surface area contributed by atoms with Gasteiger partial charge in [0, 0.05) is 16.6 Å². The van der Waals surface area contributed by atoms with Crippen molar-refractivity contribution in [3.8, 4) is 17.3 Å². The Hall–Kier alpha value is -2.11. The zero-order chi connectivity index (χ0) is 21.7. The standard InChI is InChI=1S/C21H18Cl2N4OS2/c1-3-4-15-7-5-14(10-24)20(25-15)30-12(2)19(28)27-21-26-18(11-29-21)13-6-8-16(22)17(23)9-13/h5-9,11-12H,3-4H2,1-2H3,(H,26,27,28). The second-order valence-corrected chi connectivity index (χ2v) is 9.44. The van der Waals surface area contributed by atoms with E-state index in [2.05, 4.69) is 28.3 Å². The highest BCUT2D eigenvalue weighted by Crippen LogP contribution is 2.31. The first-order chi connectivity index (χ1) is 14.4. The molecule has 9 heteroatoms. The molecule has 1 atom stereocenters. The molecule has 2 aromatic heterocycles. The third-order valence-corrected chi connectivity index (χ3v) is 6.75. The number of nitriles is 1. The van der Waals surface area contributed by atoms with Crippen molar-refractivity contribution in [1.82, 2.24) is 9.97 Å². The Morgan fingerprint density at radius 1 is 1.27 bits per heavy atom. The predicted octanol–water partition coefficient (Wildman–Crippen LogP) is 6.46. The Balaban J connectivity index is 1.69. The lowest BCUT2D eigenvalue weighted by Crippen LogP contribution is -2.22. The van der Waals surface area contributed by atoms with Gasteiger partial charge in [-0.1, -0.05) is 54.4 Å². The molecule has 30 heavy (non-hydrogen) atoms. The summed E-state index contributed by atoms with van der Waals surface area (Å²) in [6.07, 6.45) is 1.79. The highest BCUT2D eigenvalue weighted by Gasteiger charge is 2.19. The van der Waals surface area contributed by atoms with E-state index in [-0.39, 0.29) is 5.91 Å². The van der Waals surface area contributed by atoms with Crippen LogP contribution in [-0.4, -0.2) is 21.1 Å². The number of hydrogen-bond donors (Lipinski definition) is 1. The molecule has 3 aromatic rings. The smallest absolute Gasteiger partial charge is 0.239 e. The summed E-state index contributed by atoms with van der Waals surface area (Å²) in [7, 11) is 0. The van der Waals surface area contributed by atoms with Crippen LogP contribution < -0.4 is 5.32 Å². The van der Waals surface area contributed by atoms with Crippen LogP contribution in [0.2, 0.25) is 10.0 Å². The molecule has 1 aromatic carbocycles. The van der Waals surface area contributed by atoms with Crippen LogP contribution in [0.15, 0.2) is 40.7 Å². The van der Waals surface area contributed by atoms with E-state index in [4.69, 9.17) is 23.2 Å². The molecular weight excluding hydrogens is 459 g/mol. The van der Waals surface area contributed by atoms with Gasteiger partial charge in [0.1, 0.15) is 11.1 Å². The maximum absolute atomic E-state index is 12.7. The molecule has 0 aliphatic rings. The molecule has 1 N–H and O–H groups in total. The number of nitrogens with zero attached hydrogens (tertiary/aromatic N) is 3. The van der Waals surface area contributed by atoms with Gasteiger partial charge in [0.25, 0.3) is 0 Å². The lowest BCUT2D eigenvalue weighted by Gasteiger charge is -2.12. The minimum atomic E-state index is -0.446. The normalized spacial score (nSPS) is 11.7. The van der Waals surface area contributed by atoms with E-state index in [0.29, 0.717) is 31.5 Å². The van der Waals surface area contributed by atoms with Gasteiger partial charge in [-0.2, -0.15) is 5.26 Å². The number of anilines is 1. The number of hydrogen-bond acceptors (Lipinski definition) is 6. The zero-order valence-electron chi connectivity index (χ0n) is 16.3. The minimum absolute atomic E-state index is 0.207. The van der Waals surface area contributed by atoms with Gasteiger partial charge in [0.2, 0.25) is 5.91 Å². The van der Waals surface area contributed by atoms with Gasteiger partial charge >= 0.3 is 0 Å². The number of nitrogens with one attached hydrogen (secondary N) is 1. The van der Waals surface area contributed by atoms with Crippen molar-refractivity contribution < 1.29 is 4.79 Å². The topological polar surface area (TPSA) is 78.7 Å². The molecule has 5 nitrogen and oxygen atoms in total. The summed E-state index contributed by atoms with van der Waals surface area (Å²) in [6, 6.07) is 11.0. The molecule has 154 valence electrons. The number of amides is 1. The Bertz CT molecular complexity index is 1110. The number of carbonyl (C=O) groups is 1. The summed E-state index contributed by atoms with van der Waals surface area (Å²) in [4.78, 5) is 21.7.